The van der Waals surface area contributed by atoms with Gasteiger partial charge >= 0.3 is 0 Å². The van der Waals surface area contributed by atoms with Crippen molar-refractivity contribution in [2.75, 3.05) is 11.9 Å². The molecule has 0 aliphatic heterocycles. The van der Waals surface area contributed by atoms with Gasteiger partial charge in [-0.1, -0.05) is 31.7 Å². The summed E-state index contributed by atoms with van der Waals surface area (Å²) in [6.45, 7) is 2.76. The Morgan fingerprint density at radius 3 is 2.80 bits per heavy atom. The molecule has 2 fully saturated rings. The molecule has 0 saturated heterocycles. The Bertz CT molecular complexity index is 431. The summed E-state index contributed by atoms with van der Waals surface area (Å²) in [5.41, 5.74) is 1.22. The number of hydrogen-bond donors (Lipinski definition) is 1. The summed E-state index contributed by atoms with van der Waals surface area (Å²) in [5.74, 6) is 2.98. The van der Waals surface area contributed by atoms with E-state index in [2.05, 4.69) is 23.5 Å². The Balaban J connectivity index is 1.59. The van der Waals surface area contributed by atoms with Crippen LogP contribution in [0.15, 0.2) is 24.3 Å². The van der Waals surface area contributed by atoms with E-state index in [0.29, 0.717) is 6.04 Å². The smallest absolute Gasteiger partial charge is 0.121 e. The fourth-order valence-corrected chi connectivity index (χ4v) is 4.08. The number of hydrogen-bond acceptors (Lipinski definition) is 2. The van der Waals surface area contributed by atoms with Gasteiger partial charge in [-0.2, -0.15) is 0 Å². The van der Waals surface area contributed by atoms with Gasteiger partial charge < -0.3 is 10.1 Å². The van der Waals surface area contributed by atoms with Gasteiger partial charge in [0.15, 0.2) is 0 Å². The molecule has 2 aliphatic rings. The third-order valence-corrected chi connectivity index (χ3v) is 5.06. The van der Waals surface area contributed by atoms with E-state index in [1.807, 2.05) is 13.0 Å². The van der Waals surface area contributed by atoms with Gasteiger partial charge in [0, 0.05) is 17.8 Å². The molecule has 20 heavy (non-hydrogen) atoms. The number of benzene rings is 1. The first-order valence-corrected chi connectivity index (χ1v) is 8.34. The number of rotatable bonds is 4. The summed E-state index contributed by atoms with van der Waals surface area (Å²) in [6, 6.07) is 9.07. The molecule has 0 radical (unpaired) electrons. The maximum absolute atomic E-state index is 5.58. The van der Waals surface area contributed by atoms with Crippen molar-refractivity contribution in [2.24, 2.45) is 11.8 Å². The van der Waals surface area contributed by atoms with Gasteiger partial charge in [-0.25, -0.2) is 0 Å². The minimum atomic E-state index is 0.659. The van der Waals surface area contributed by atoms with Crippen LogP contribution in [0.3, 0.4) is 0 Å². The maximum atomic E-state index is 5.58. The van der Waals surface area contributed by atoms with Gasteiger partial charge in [-0.3, -0.25) is 0 Å². The SMILES string of the molecule is CCOc1cccc(NC2CCC3CCCCC3C2)c1. The molecule has 3 rings (SSSR count). The summed E-state index contributed by atoms with van der Waals surface area (Å²) >= 11 is 0. The summed E-state index contributed by atoms with van der Waals surface area (Å²) in [7, 11) is 0. The van der Waals surface area contributed by atoms with Crippen molar-refractivity contribution in [2.45, 2.75) is 57.9 Å². The van der Waals surface area contributed by atoms with Crippen LogP contribution in [0, 0.1) is 11.8 Å². The molecule has 0 heterocycles. The second-order valence-corrected chi connectivity index (χ2v) is 6.42. The molecular weight excluding hydrogens is 246 g/mol. The highest BCUT2D eigenvalue weighted by atomic mass is 16.5. The Labute approximate surface area is 122 Å². The third kappa shape index (κ3) is 3.28. The summed E-state index contributed by atoms with van der Waals surface area (Å²) < 4.78 is 5.58. The van der Waals surface area contributed by atoms with Gasteiger partial charge in [0.1, 0.15) is 5.75 Å². The number of ether oxygens (including phenoxy) is 1. The largest absolute Gasteiger partial charge is 0.494 e. The van der Waals surface area contributed by atoms with Crippen molar-refractivity contribution in [1.29, 1.82) is 0 Å². The van der Waals surface area contributed by atoms with Crippen LogP contribution >= 0.6 is 0 Å². The van der Waals surface area contributed by atoms with E-state index in [1.54, 1.807) is 0 Å². The van der Waals surface area contributed by atoms with Gasteiger partial charge in [0.2, 0.25) is 0 Å². The summed E-state index contributed by atoms with van der Waals surface area (Å²) in [4.78, 5) is 0. The van der Waals surface area contributed by atoms with Crippen LogP contribution in [0.5, 0.6) is 5.75 Å². The normalized spacial score (nSPS) is 29.6. The average Bonchev–Trinajstić information content (AvgIpc) is 2.48. The van der Waals surface area contributed by atoms with Crippen molar-refractivity contribution in [3.8, 4) is 5.75 Å². The van der Waals surface area contributed by atoms with Crippen LogP contribution in [-0.2, 0) is 0 Å². The first-order chi connectivity index (χ1) is 9.85. The molecule has 2 saturated carbocycles. The maximum Gasteiger partial charge on any atom is 0.121 e. The molecule has 0 spiro atoms. The molecule has 1 N–H and O–H groups in total. The first kappa shape index (κ1) is 13.8. The Morgan fingerprint density at radius 2 is 1.95 bits per heavy atom. The van der Waals surface area contributed by atoms with E-state index in [9.17, 15) is 0 Å². The third-order valence-electron chi connectivity index (χ3n) is 5.06. The lowest BCUT2D eigenvalue weighted by Gasteiger charge is -2.39. The molecule has 2 nitrogen and oxygen atoms in total. The number of nitrogens with one attached hydrogen (secondary N) is 1. The number of fused-ring (bicyclic) bond motifs is 1. The zero-order valence-corrected chi connectivity index (χ0v) is 12.6. The van der Waals surface area contributed by atoms with E-state index < -0.39 is 0 Å². The fourth-order valence-electron chi connectivity index (χ4n) is 4.08. The first-order valence-electron chi connectivity index (χ1n) is 8.34. The van der Waals surface area contributed by atoms with E-state index in [4.69, 9.17) is 4.74 Å². The van der Waals surface area contributed by atoms with Crippen LogP contribution in [0.2, 0.25) is 0 Å². The lowest BCUT2D eigenvalue weighted by atomic mass is 9.69. The molecule has 3 unspecified atom stereocenters. The second kappa shape index (κ2) is 6.51. The van der Waals surface area contributed by atoms with E-state index >= 15 is 0 Å². The monoisotopic (exact) mass is 273 g/mol. The van der Waals surface area contributed by atoms with Crippen LogP contribution < -0.4 is 10.1 Å². The second-order valence-electron chi connectivity index (χ2n) is 6.42. The molecule has 2 aliphatic carbocycles. The van der Waals surface area contributed by atoms with Crippen molar-refractivity contribution in [3.05, 3.63) is 24.3 Å². The van der Waals surface area contributed by atoms with Crippen molar-refractivity contribution >= 4 is 5.69 Å². The van der Waals surface area contributed by atoms with Gasteiger partial charge in [0.25, 0.3) is 0 Å². The summed E-state index contributed by atoms with van der Waals surface area (Å²) in [6.07, 6.45) is 9.99. The average molecular weight is 273 g/mol. The highest BCUT2D eigenvalue weighted by Crippen LogP contribution is 2.41. The van der Waals surface area contributed by atoms with Crippen LogP contribution in [0.25, 0.3) is 0 Å². The fraction of sp³-hybridized carbons (Fsp3) is 0.667. The number of anilines is 1. The van der Waals surface area contributed by atoms with Crippen molar-refractivity contribution in [1.82, 2.24) is 0 Å². The van der Waals surface area contributed by atoms with E-state index in [-0.39, 0.29) is 0 Å². The lowest BCUT2D eigenvalue weighted by Crippen LogP contribution is -2.34. The zero-order chi connectivity index (χ0) is 13.8. The van der Waals surface area contributed by atoms with Crippen molar-refractivity contribution in [3.63, 3.8) is 0 Å². The molecule has 3 atom stereocenters. The topological polar surface area (TPSA) is 21.3 Å². The molecule has 2 heteroatoms. The van der Waals surface area contributed by atoms with Crippen LogP contribution in [0.4, 0.5) is 5.69 Å². The predicted molar refractivity (Wildman–Crippen MR) is 84.3 cm³/mol. The minimum Gasteiger partial charge on any atom is -0.494 e. The quantitative estimate of drug-likeness (QED) is 0.846. The van der Waals surface area contributed by atoms with Gasteiger partial charge in [-0.05, 0) is 50.2 Å². The van der Waals surface area contributed by atoms with Crippen LogP contribution in [0.1, 0.15) is 51.9 Å². The molecule has 1 aromatic rings. The predicted octanol–water partition coefficient (Wildman–Crippen LogP) is 4.86. The molecule has 0 aromatic heterocycles. The minimum absolute atomic E-state index is 0.659. The lowest BCUT2D eigenvalue weighted by molar-refractivity contribution is 0.162. The van der Waals surface area contributed by atoms with Gasteiger partial charge in [-0.15, -0.1) is 0 Å². The molecule has 0 amide bonds. The molecule has 110 valence electrons. The highest BCUT2D eigenvalue weighted by Gasteiger charge is 2.31. The Kier molecular flexibility index (Phi) is 4.49. The molecule has 1 aromatic carbocycles. The zero-order valence-electron chi connectivity index (χ0n) is 12.6. The van der Waals surface area contributed by atoms with Gasteiger partial charge in [0.05, 0.1) is 6.61 Å². The molecule has 0 bridgehead atoms. The van der Waals surface area contributed by atoms with E-state index in [0.717, 1.165) is 24.2 Å². The Morgan fingerprint density at radius 1 is 1.10 bits per heavy atom. The Hall–Kier alpha value is -1.18. The standard InChI is InChI=1S/C18H27NO/c1-2-20-18-9-5-8-16(13-18)19-17-11-10-14-6-3-4-7-15(14)12-17/h5,8-9,13-15,17,19H,2-4,6-7,10-12H2,1H3. The van der Waals surface area contributed by atoms with E-state index in [1.165, 1.54) is 50.6 Å². The van der Waals surface area contributed by atoms with Crippen LogP contribution in [-0.4, -0.2) is 12.6 Å². The van der Waals surface area contributed by atoms with Crippen molar-refractivity contribution < 1.29 is 4.74 Å². The summed E-state index contributed by atoms with van der Waals surface area (Å²) in [5, 5.41) is 3.73. The highest BCUT2D eigenvalue weighted by molar-refractivity contribution is 5.48. The molecular formula is C18H27NO.